The van der Waals surface area contributed by atoms with Crippen LogP contribution in [0.5, 0.6) is 5.75 Å². The molecule has 65 heavy (non-hydrogen) atoms. The van der Waals surface area contributed by atoms with Gasteiger partial charge >= 0.3 is 5.76 Å². The standard InChI is InChI=1S/C21H21FN6O4.C20H17F3N6O4/c1-11(2)8-23-20(30)16-7-14(26-18-13(22)10-25-28(16)18)19(29)24-9-12-4-5-17-15(6-12)27(3)21(31)32-17;1-20(22,23)9-25-19(32)14-5-13(28-17-11(21)7-26-29(14)17)18(31)24-6-10-2-3-15-12(4-10)27-16(30)8-33-15/h4-7,10-11H,8-9H2,1-3H3,(H,23,30)(H,24,29);2-5,7H,6,8-9H2,1H3,(H,24,31)(H,25,32)(H,27,30). The Morgan fingerprint density at radius 1 is 0.785 bits per heavy atom. The summed E-state index contributed by atoms with van der Waals surface area (Å²) >= 11 is 0. The topological polar surface area (TPSA) is 250 Å². The summed E-state index contributed by atoms with van der Waals surface area (Å²) in [5.74, 6) is -7.72. The van der Waals surface area contributed by atoms with Gasteiger partial charge in [0.05, 0.1) is 30.1 Å². The Labute approximate surface area is 363 Å². The number of aryl methyl sites for hydroxylation is 1. The number of fused-ring (bicyclic) bond motifs is 4. The maximum atomic E-state index is 14.1. The lowest BCUT2D eigenvalue weighted by molar-refractivity contribution is -0.118. The van der Waals surface area contributed by atoms with Gasteiger partial charge in [-0.05, 0) is 41.3 Å². The quantitative estimate of drug-likeness (QED) is 0.111. The number of benzene rings is 2. The van der Waals surface area contributed by atoms with E-state index in [0.717, 1.165) is 27.5 Å². The van der Waals surface area contributed by atoms with Crippen molar-refractivity contribution in [3.05, 3.63) is 117 Å². The van der Waals surface area contributed by atoms with Crippen molar-refractivity contribution in [2.45, 2.75) is 39.8 Å². The van der Waals surface area contributed by atoms with Gasteiger partial charge in [-0.2, -0.15) is 10.2 Å². The SMILES string of the molecule is CC(C)CNC(=O)c1cc(C(=O)NCc2ccc3oc(=O)n(C)c3c2)nc2c(F)cnn12.CC(F)(F)CNC(=O)c1cc(C(=O)NCc2ccc3c(c2)NC(=O)CO3)nc2c(F)cnn12. The summed E-state index contributed by atoms with van der Waals surface area (Å²) in [5.41, 5.74) is 1.40. The van der Waals surface area contributed by atoms with Crippen molar-refractivity contribution in [2.24, 2.45) is 13.0 Å². The minimum absolute atomic E-state index is 0.000447. The van der Waals surface area contributed by atoms with Crippen LogP contribution in [0.25, 0.3) is 22.4 Å². The molecule has 338 valence electrons. The average molecular weight is 903 g/mol. The fraction of sp³-hybridized carbons (Fsp3) is 0.268. The van der Waals surface area contributed by atoms with Gasteiger partial charge in [-0.15, -0.1) is 0 Å². The van der Waals surface area contributed by atoms with E-state index in [0.29, 0.717) is 47.1 Å². The fourth-order valence-electron chi connectivity index (χ4n) is 6.21. The van der Waals surface area contributed by atoms with E-state index in [1.54, 1.807) is 43.4 Å². The molecule has 0 fully saturated rings. The highest BCUT2D eigenvalue weighted by Crippen LogP contribution is 2.28. The summed E-state index contributed by atoms with van der Waals surface area (Å²) < 4.78 is 68.0. The average Bonchev–Trinajstić information content (AvgIpc) is 3.94. The van der Waals surface area contributed by atoms with E-state index in [9.17, 15) is 46.3 Å². The Hall–Kier alpha value is -8.18. The molecule has 5 amide bonds. The lowest BCUT2D eigenvalue weighted by atomic mass is 10.1. The van der Waals surface area contributed by atoms with Gasteiger partial charge in [-0.3, -0.25) is 28.5 Å². The lowest BCUT2D eigenvalue weighted by Gasteiger charge is -2.18. The first kappa shape index (κ1) is 44.9. The second kappa shape index (κ2) is 18.3. The van der Waals surface area contributed by atoms with E-state index in [-0.39, 0.29) is 59.9 Å². The summed E-state index contributed by atoms with van der Waals surface area (Å²) in [4.78, 5) is 81.4. The molecule has 0 atom stereocenters. The third-order valence-electron chi connectivity index (χ3n) is 9.46. The molecule has 0 aliphatic carbocycles. The molecule has 2 aromatic carbocycles. The summed E-state index contributed by atoms with van der Waals surface area (Å²) in [7, 11) is 1.58. The predicted molar refractivity (Wildman–Crippen MR) is 220 cm³/mol. The van der Waals surface area contributed by atoms with Crippen molar-refractivity contribution in [3.8, 4) is 5.75 Å². The number of ether oxygens (including phenoxy) is 1. The van der Waals surface area contributed by atoms with Crippen LogP contribution >= 0.6 is 0 Å². The van der Waals surface area contributed by atoms with Gasteiger partial charge in [0.25, 0.3) is 35.5 Å². The molecule has 8 rings (SSSR count). The maximum Gasteiger partial charge on any atom is 0.419 e. The van der Waals surface area contributed by atoms with Crippen LogP contribution in [-0.4, -0.2) is 88.9 Å². The van der Waals surface area contributed by atoms with Gasteiger partial charge in [0.2, 0.25) is 0 Å². The number of aromatic nitrogens is 7. The number of rotatable bonds is 12. The number of nitrogens with zero attached hydrogens (tertiary/aromatic N) is 7. The zero-order chi connectivity index (χ0) is 46.7. The Morgan fingerprint density at radius 2 is 1.34 bits per heavy atom. The third-order valence-corrected chi connectivity index (χ3v) is 9.46. The summed E-state index contributed by atoms with van der Waals surface area (Å²) in [6, 6.07) is 12.3. The highest BCUT2D eigenvalue weighted by Gasteiger charge is 2.26. The summed E-state index contributed by atoms with van der Waals surface area (Å²) in [6.07, 6.45) is 1.73. The Kier molecular flexibility index (Phi) is 12.6. The largest absolute Gasteiger partial charge is 0.482 e. The normalized spacial score (nSPS) is 12.3. The molecule has 5 N–H and O–H groups in total. The van der Waals surface area contributed by atoms with E-state index in [1.165, 1.54) is 10.6 Å². The molecular weight excluding hydrogens is 865 g/mol. The van der Waals surface area contributed by atoms with Crippen molar-refractivity contribution in [3.63, 3.8) is 0 Å². The van der Waals surface area contributed by atoms with Gasteiger partial charge in [-0.25, -0.2) is 41.4 Å². The molecule has 1 aliphatic heterocycles. The molecule has 24 heteroatoms. The highest BCUT2D eigenvalue weighted by molar-refractivity contribution is 5.99. The van der Waals surface area contributed by atoms with Crippen LogP contribution in [0.3, 0.4) is 0 Å². The Morgan fingerprint density at radius 3 is 1.91 bits per heavy atom. The molecule has 20 nitrogen and oxygen atoms in total. The highest BCUT2D eigenvalue weighted by atomic mass is 19.3. The number of anilines is 1. The molecule has 1 aliphatic rings. The number of hydrogen-bond acceptors (Lipinski definition) is 12. The van der Waals surface area contributed by atoms with E-state index < -0.39 is 59.1 Å². The van der Waals surface area contributed by atoms with Crippen molar-refractivity contribution in [1.82, 2.24) is 55.0 Å². The van der Waals surface area contributed by atoms with Crippen LogP contribution in [-0.2, 0) is 24.9 Å². The molecule has 0 unspecified atom stereocenters. The second-order valence-corrected chi connectivity index (χ2v) is 15.1. The molecule has 0 bridgehead atoms. The second-order valence-electron chi connectivity index (χ2n) is 15.1. The van der Waals surface area contributed by atoms with Gasteiger partial charge in [0.1, 0.15) is 28.5 Å². The number of oxazole rings is 1. The fourth-order valence-corrected chi connectivity index (χ4v) is 6.21. The van der Waals surface area contributed by atoms with Gasteiger partial charge < -0.3 is 35.7 Å². The minimum atomic E-state index is -3.17. The maximum absolute atomic E-state index is 14.1. The van der Waals surface area contributed by atoms with Gasteiger partial charge in [0.15, 0.2) is 35.1 Å². The monoisotopic (exact) mass is 902 g/mol. The molecule has 0 saturated heterocycles. The number of nitrogens with one attached hydrogen (secondary N) is 5. The van der Waals surface area contributed by atoms with E-state index in [1.807, 2.05) is 19.2 Å². The van der Waals surface area contributed by atoms with Crippen LogP contribution < -0.4 is 37.1 Å². The van der Waals surface area contributed by atoms with Crippen LogP contribution in [0.1, 0.15) is 73.9 Å². The number of halogens is 4. The molecule has 0 saturated carbocycles. The number of carbonyl (C=O) groups excluding carboxylic acids is 5. The smallest absolute Gasteiger partial charge is 0.419 e. The van der Waals surface area contributed by atoms with Crippen molar-refractivity contribution < 1.29 is 50.7 Å². The molecular formula is C41H38F4N12O8. The van der Waals surface area contributed by atoms with Crippen molar-refractivity contribution in [2.75, 3.05) is 25.0 Å². The summed E-state index contributed by atoms with van der Waals surface area (Å²) in [5, 5.41) is 20.2. The van der Waals surface area contributed by atoms with Crippen LogP contribution in [0.4, 0.5) is 23.2 Å². The molecule has 0 radical (unpaired) electrons. The molecule has 7 aromatic rings. The van der Waals surface area contributed by atoms with Crippen LogP contribution in [0.15, 0.2) is 70.1 Å². The minimum Gasteiger partial charge on any atom is -0.482 e. The first-order chi connectivity index (χ1) is 30.8. The lowest BCUT2D eigenvalue weighted by Crippen LogP contribution is -2.36. The van der Waals surface area contributed by atoms with Crippen molar-refractivity contribution >= 4 is 57.6 Å². The molecule has 0 spiro atoms. The van der Waals surface area contributed by atoms with Gasteiger partial charge in [0, 0.05) is 45.7 Å². The zero-order valence-electron chi connectivity index (χ0n) is 34.8. The summed E-state index contributed by atoms with van der Waals surface area (Å²) in [6.45, 7) is 4.00. The zero-order valence-corrected chi connectivity index (χ0v) is 34.8. The first-order valence-corrected chi connectivity index (χ1v) is 19.6. The molecule has 6 heterocycles. The van der Waals surface area contributed by atoms with Crippen molar-refractivity contribution in [1.29, 1.82) is 0 Å². The number of hydrogen-bond donors (Lipinski definition) is 5. The first-order valence-electron chi connectivity index (χ1n) is 19.6. The van der Waals surface area contributed by atoms with Crippen LogP contribution in [0, 0.1) is 17.6 Å². The Balaban J connectivity index is 0.000000194. The van der Waals surface area contributed by atoms with Crippen LogP contribution in [0.2, 0.25) is 0 Å². The molecule has 5 aromatic heterocycles. The van der Waals surface area contributed by atoms with E-state index in [4.69, 9.17) is 9.15 Å². The third kappa shape index (κ3) is 10.2. The Bertz CT molecular complexity index is 3080. The predicted octanol–water partition coefficient (Wildman–Crippen LogP) is 3.14. The number of alkyl halides is 2. The number of amides is 5. The van der Waals surface area contributed by atoms with Gasteiger partial charge in [-0.1, -0.05) is 26.0 Å². The number of carbonyl (C=O) groups is 5. The van der Waals surface area contributed by atoms with E-state index >= 15 is 0 Å². The van der Waals surface area contributed by atoms with E-state index in [2.05, 4.69) is 41.4 Å².